The van der Waals surface area contributed by atoms with Gasteiger partial charge in [0.1, 0.15) is 0 Å². The molecule has 0 spiro atoms. The summed E-state index contributed by atoms with van der Waals surface area (Å²) in [6.45, 7) is 9.95. The van der Waals surface area contributed by atoms with Gasteiger partial charge in [-0.05, 0) is 101 Å². The van der Waals surface area contributed by atoms with Crippen LogP contribution in [0.15, 0.2) is 0 Å². The molecule has 2 heterocycles. The highest BCUT2D eigenvalue weighted by molar-refractivity contribution is 5.76. The largest absolute Gasteiger partial charge is 0.340 e. The number of hydrogen-bond acceptors (Lipinski definition) is 3. The minimum Gasteiger partial charge on any atom is -0.340 e. The normalized spacial score (nSPS) is 39.6. The highest BCUT2D eigenvalue weighted by Crippen LogP contribution is 2.58. The van der Waals surface area contributed by atoms with Crippen molar-refractivity contribution >= 4 is 5.91 Å². The summed E-state index contributed by atoms with van der Waals surface area (Å²) in [6.07, 6.45) is 13.7. The Bertz CT molecular complexity index is 525. The molecule has 0 atom stereocenters. The summed E-state index contributed by atoms with van der Waals surface area (Å²) in [4.78, 5) is 20.1. The molecule has 2 aliphatic heterocycles. The maximum Gasteiger partial charge on any atom is 0.222 e. The van der Waals surface area contributed by atoms with E-state index in [0.717, 1.165) is 69.2 Å². The number of nitrogens with zero attached hydrogens (tertiary/aromatic N) is 3. The molecule has 6 aliphatic rings. The molecule has 4 bridgehead atoms. The number of hydrogen-bond donors (Lipinski definition) is 0. The third-order valence-electron chi connectivity index (χ3n) is 9.23. The highest BCUT2D eigenvalue weighted by atomic mass is 16.2. The minimum atomic E-state index is 0.416. The van der Waals surface area contributed by atoms with Crippen LogP contribution in [-0.2, 0) is 4.79 Å². The fourth-order valence-corrected chi connectivity index (χ4v) is 7.95. The van der Waals surface area contributed by atoms with Gasteiger partial charge in [-0.15, -0.1) is 0 Å². The maximum atomic E-state index is 12.6. The molecule has 0 aromatic carbocycles. The second-order valence-electron chi connectivity index (χ2n) is 10.9. The van der Waals surface area contributed by atoms with Crippen molar-refractivity contribution in [2.45, 2.75) is 76.7 Å². The van der Waals surface area contributed by atoms with Crippen LogP contribution < -0.4 is 0 Å². The van der Waals surface area contributed by atoms with Gasteiger partial charge in [0.2, 0.25) is 5.91 Å². The summed E-state index contributed by atoms with van der Waals surface area (Å²) in [5.74, 6) is 4.35. The molecule has 4 heteroatoms. The van der Waals surface area contributed by atoms with E-state index >= 15 is 0 Å². The summed E-state index contributed by atoms with van der Waals surface area (Å²) < 4.78 is 0. The number of rotatable bonds is 5. The van der Waals surface area contributed by atoms with Gasteiger partial charge in [-0.25, -0.2) is 0 Å². The Kier molecular flexibility index (Phi) is 5.47. The summed E-state index contributed by atoms with van der Waals surface area (Å²) in [5.41, 5.74) is 0.592. The Morgan fingerprint density at radius 3 is 1.96 bits per heavy atom. The molecule has 4 saturated carbocycles. The van der Waals surface area contributed by atoms with Gasteiger partial charge in [0.25, 0.3) is 0 Å². The molecular weight excluding hydrogens is 346 g/mol. The van der Waals surface area contributed by atoms with E-state index in [1.807, 2.05) is 0 Å². The molecule has 0 aromatic rings. The van der Waals surface area contributed by atoms with Gasteiger partial charge >= 0.3 is 0 Å². The van der Waals surface area contributed by atoms with E-state index in [2.05, 4.69) is 21.6 Å². The average molecular weight is 388 g/mol. The predicted octanol–water partition coefficient (Wildman–Crippen LogP) is 3.61. The van der Waals surface area contributed by atoms with Crippen molar-refractivity contribution in [3.8, 4) is 0 Å². The van der Waals surface area contributed by atoms with E-state index in [1.165, 1.54) is 45.2 Å². The van der Waals surface area contributed by atoms with Crippen molar-refractivity contribution in [3.05, 3.63) is 0 Å². The number of piperidine rings is 1. The summed E-state index contributed by atoms with van der Waals surface area (Å²) in [6, 6.07) is 0. The maximum absolute atomic E-state index is 12.6. The summed E-state index contributed by atoms with van der Waals surface area (Å²) in [5, 5.41) is 0. The number of likely N-dealkylation sites (N-methyl/N-ethyl adjacent to an activating group) is 1. The van der Waals surface area contributed by atoms with Crippen molar-refractivity contribution in [2.75, 3.05) is 45.8 Å². The highest BCUT2D eigenvalue weighted by Gasteiger charge is 2.53. The van der Waals surface area contributed by atoms with Crippen molar-refractivity contribution < 1.29 is 4.79 Å². The smallest absolute Gasteiger partial charge is 0.222 e. The van der Waals surface area contributed by atoms with Gasteiger partial charge in [0, 0.05) is 38.1 Å². The third kappa shape index (κ3) is 3.76. The SMILES string of the molecule is CCN1CCN(C(=O)CCC2CCN(C34CC5CC(CC(C5)C3)C4)CC2)CC1. The second kappa shape index (κ2) is 7.91. The Balaban J connectivity index is 1.07. The van der Waals surface area contributed by atoms with E-state index in [9.17, 15) is 4.79 Å². The predicted molar refractivity (Wildman–Crippen MR) is 113 cm³/mol. The Morgan fingerprint density at radius 2 is 1.43 bits per heavy atom. The molecule has 2 saturated heterocycles. The third-order valence-corrected chi connectivity index (χ3v) is 9.23. The van der Waals surface area contributed by atoms with Crippen molar-refractivity contribution in [1.82, 2.24) is 14.7 Å². The lowest BCUT2D eigenvalue weighted by Crippen LogP contribution is -2.61. The average Bonchev–Trinajstić information content (AvgIpc) is 2.71. The molecule has 1 amide bonds. The quantitative estimate of drug-likeness (QED) is 0.721. The van der Waals surface area contributed by atoms with Crippen LogP contribution in [0.2, 0.25) is 0 Å². The molecule has 6 rings (SSSR count). The lowest BCUT2D eigenvalue weighted by Gasteiger charge is -2.61. The number of carbonyl (C=O) groups excluding carboxylic acids is 1. The van der Waals surface area contributed by atoms with Gasteiger partial charge in [0.15, 0.2) is 0 Å². The molecule has 0 N–H and O–H groups in total. The van der Waals surface area contributed by atoms with Crippen molar-refractivity contribution in [3.63, 3.8) is 0 Å². The second-order valence-corrected chi connectivity index (χ2v) is 10.9. The molecule has 4 aliphatic carbocycles. The Labute approximate surface area is 172 Å². The molecule has 0 aromatic heterocycles. The minimum absolute atomic E-state index is 0.416. The Hall–Kier alpha value is -0.610. The van der Waals surface area contributed by atoms with Crippen LogP contribution in [0.3, 0.4) is 0 Å². The Morgan fingerprint density at radius 1 is 0.857 bits per heavy atom. The summed E-state index contributed by atoms with van der Waals surface area (Å²) in [7, 11) is 0. The molecule has 28 heavy (non-hydrogen) atoms. The topological polar surface area (TPSA) is 26.8 Å². The van der Waals surface area contributed by atoms with E-state index in [-0.39, 0.29) is 0 Å². The van der Waals surface area contributed by atoms with Gasteiger partial charge in [-0.2, -0.15) is 0 Å². The number of piperazine rings is 1. The van der Waals surface area contributed by atoms with Gasteiger partial charge in [-0.3, -0.25) is 9.69 Å². The van der Waals surface area contributed by atoms with Crippen molar-refractivity contribution in [1.29, 1.82) is 0 Å². The number of likely N-dealkylation sites (tertiary alicyclic amines) is 1. The van der Waals surface area contributed by atoms with Crippen LogP contribution in [0.5, 0.6) is 0 Å². The van der Waals surface area contributed by atoms with Crippen LogP contribution in [0, 0.1) is 23.7 Å². The fourth-order valence-electron chi connectivity index (χ4n) is 7.95. The van der Waals surface area contributed by atoms with E-state index in [4.69, 9.17) is 0 Å². The zero-order chi connectivity index (χ0) is 19.1. The molecule has 0 unspecified atom stereocenters. The molecule has 6 fully saturated rings. The van der Waals surface area contributed by atoms with Crippen LogP contribution >= 0.6 is 0 Å². The summed E-state index contributed by atoms with van der Waals surface area (Å²) >= 11 is 0. The van der Waals surface area contributed by atoms with Crippen LogP contribution in [0.25, 0.3) is 0 Å². The van der Waals surface area contributed by atoms with Gasteiger partial charge in [-0.1, -0.05) is 6.92 Å². The first-order valence-corrected chi connectivity index (χ1v) is 12.4. The monoisotopic (exact) mass is 387 g/mol. The first-order chi connectivity index (χ1) is 13.6. The van der Waals surface area contributed by atoms with E-state index in [1.54, 1.807) is 19.3 Å². The van der Waals surface area contributed by atoms with E-state index in [0.29, 0.717) is 11.4 Å². The molecule has 0 radical (unpaired) electrons. The first kappa shape index (κ1) is 19.4. The first-order valence-electron chi connectivity index (χ1n) is 12.4. The number of carbonyl (C=O) groups is 1. The van der Waals surface area contributed by atoms with Crippen LogP contribution in [0.1, 0.15) is 71.1 Å². The number of amides is 1. The molecule has 158 valence electrons. The van der Waals surface area contributed by atoms with E-state index < -0.39 is 0 Å². The lowest BCUT2D eigenvalue weighted by atomic mass is 9.52. The van der Waals surface area contributed by atoms with Gasteiger partial charge in [0.05, 0.1) is 0 Å². The van der Waals surface area contributed by atoms with Crippen molar-refractivity contribution in [2.24, 2.45) is 23.7 Å². The van der Waals surface area contributed by atoms with Crippen LogP contribution in [-0.4, -0.2) is 72.0 Å². The lowest BCUT2D eigenvalue weighted by molar-refractivity contribution is -0.133. The van der Waals surface area contributed by atoms with Crippen LogP contribution in [0.4, 0.5) is 0 Å². The standard InChI is InChI=1S/C24H41N3O/c1-2-25-9-11-26(12-10-25)23(28)4-3-19-5-7-27(8-6-19)24-16-20-13-21(17-24)15-22(14-20)18-24/h19-22H,2-18H2,1H3. The zero-order valence-electron chi connectivity index (χ0n) is 18.1. The zero-order valence-corrected chi connectivity index (χ0v) is 18.1. The van der Waals surface area contributed by atoms with Gasteiger partial charge < -0.3 is 9.80 Å². The fraction of sp³-hybridized carbons (Fsp3) is 0.958. The molecular formula is C24H41N3O. The molecule has 4 nitrogen and oxygen atoms in total.